The fourth-order valence-corrected chi connectivity index (χ4v) is 2.09. The highest BCUT2D eigenvalue weighted by Crippen LogP contribution is 2.17. The maximum Gasteiger partial charge on any atom is 0.0701 e. The molecule has 0 aliphatic carbocycles. The standard InChI is InChI=1S/C15H31ClO3/c1-4-6-8-17-10-12-19-13-11-18-9-7-15(5-2)14(3)16/h14-15H,4-13H2,1-3H3. The third-order valence-corrected chi connectivity index (χ3v) is 3.55. The van der Waals surface area contributed by atoms with E-state index >= 15 is 0 Å². The molecule has 0 aliphatic rings. The van der Waals surface area contributed by atoms with Crippen LogP contribution in [0, 0.1) is 5.92 Å². The van der Waals surface area contributed by atoms with Crippen LogP contribution in [0.5, 0.6) is 0 Å². The van der Waals surface area contributed by atoms with Gasteiger partial charge in [0.1, 0.15) is 0 Å². The third-order valence-electron chi connectivity index (χ3n) is 3.19. The van der Waals surface area contributed by atoms with Crippen molar-refractivity contribution in [3.05, 3.63) is 0 Å². The van der Waals surface area contributed by atoms with E-state index in [9.17, 15) is 0 Å². The SMILES string of the molecule is CCCCOCCOCCOCCC(CC)C(C)Cl. The van der Waals surface area contributed by atoms with Crippen LogP contribution in [-0.4, -0.2) is 45.0 Å². The molecule has 0 aromatic carbocycles. The first-order chi connectivity index (χ1) is 9.22. The largest absolute Gasteiger partial charge is 0.379 e. The van der Waals surface area contributed by atoms with Crippen molar-refractivity contribution < 1.29 is 14.2 Å². The lowest BCUT2D eigenvalue weighted by Gasteiger charge is -2.16. The van der Waals surface area contributed by atoms with E-state index in [1.807, 2.05) is 0 Å². The Morgan fingerprint density at radius 2 is 1.37 bits per heavy atom. The summed E-state index contributed by atoms with van der Waals surface area (Å²) in [5, 5.41) is 0.227. The van der Waals surface area contributed by atoms with Crippen LogP contribution in [0.15, 0.2) is 0 Å². The van der Waals surface area contributed by atoms with Gasteiger partial charge in [0.25, 0.3) is 0 Å². The molecular weight excluding hydrogens is 264 g/mol. The van der Waals surface area contributed by atoms with Gasteiger partial charge in [0.15, 0.2) is 0 Å². The fourth-order valence-electron chi connectivity index (χ4n) is 1.78. The Labute approximate surface area is 123 Å². The second-order valence-electron chi connectivity index (χ2n) is 4.83. The highest BCUT2D eigenvalue weighted by atomic mass is 35.5. The van der Waals surface area contributed by atoms with Gasteiger partial charge in [-0.05, 0) is 25.7 Å². The number of unbranched alkanes of at least 4 members (excludes halogenated alkanes) is 1. The molecule has 0 aromatic heterocycles. The lowest BCUT2D eigenvalue weighted by atomic mass is 10.00. The fraction of sp³-hybridized carbons (Fsp3) is 1.00. The maximum atomic E-state index is 6.08. The Kier molecular flexibility index (Phi) is 14.7. The van der Waals surface area contributed by atoms with Gasteiger partial charge in [0.2, 0.25) is 0 Å². The van der Waals surface area contributed by atoms with E-state index in [-0.39, 0.29) is 5.38 Å². The van der Waals surface area contributed by atoms with Gasteiger partial charge in [-0.15, -0.1) is 11.6 Å². The average Bonchev–Trinajstić information content (AvgIpc) is 2.40. The molecule has 0 fully saturated rings. The first-order valence-electron chi connectivity index (χ1n) is 7.59. The topological polar surface area (TPSA) is 27.7 Å². The third kappa shape index (κ3) is 12.9. The van der Waals surface area contributed by atoms with Gasteiger partial charge < -0.3 is 14.2 Å². The van der Waals surface area contributed by atoms with Crippen molar-refractivity contribution in [2.24, 2.45) is 5.92 Å². The number of rotatable bonds is 14. The second-order valence-corrected chi connectivity index (χ2v) is 5.51. The highest BCUT2D eigenvalue weighted by molar-refractivity contribution is 6.20. The number of alkyl halides is 1. The predicted molar refractivity (Wildman–Crippen MR) is 81.1 cm³/mol. The average molecular weight is 295 g/mol. The monoisotopic (exact) mass is 294 g/mol. The molecule has 0 amide bonds. The Morgan fingerprint density at radius 1 is 0.842 bits per heavy atom. The molecule has 116 valence electrons. The van der Waals surface area contributed by atoms with Gasteiger partial charge >= 0.3 is 0 Å². The van der Waals surface area contributed by atoms with E-state index in [0.717, 1.165) is 32.5 Å². The van der Waals surface area contributed by atoms with E-state index < -0.39 is 0 Å². The van der Waals surface area contributed by atoms with Crippen molar-refractivity contribution in [2.45, 2.75) is 51.8 Å². The molecule has 2 unspecified atom stereocenters. The lowest BCUT2D eigenvalue weighted by Crippen LogP contribution is -2.15. The molecule has 19 heavy (non-hydrogen) atoms. The summed E-state index contributed by atoms with van der Waals surface area (Å²) < 4.78 is 16.3. The van der Waals surface area contributed by atoms with Crippen LogP contribution in [0.25, 0.3) is 0 Å². The zero-order chi connectivity index (χ0) is 14.3. The molecule has 0 saturated heterocycles. The van der Waals surface area contributed by atoms with Crippen molar-refractivity contribution in [1.82, 2.24) is 0 Å². The first-order valence-corrected chi connectivity index (χ1v) is 8.03. The van der Waals surface area contributed by atoms with Crippen LogP contribution >= 0.6 is 11.6 Å². The van der Waals surface area contributed by atoms with Gasteiger partial charge in [-0.2, -0.15) is 0 Å². The van der Waals surface area contributed by atoms with Gasteiger partial charge in [-0.3, -0.25) is 0 Å². The Bertz CT molecular complexity index is 177. The minimum Gasteiger partial charge on any atom is -0.379 e. The van der Waals surface area contributed by atoms with Crippen LogP contribution in [0.2, 0.25) is 0 Å². The van der Waals surface area contributed by atoms with Gasteiger partial charge in [0, 0.05) is 18.6 Å². The number of hydrogen-bond donors (Lipinski definition) is 0. The van der Waals surface area contributed by atoms with E-state index in [4.69, 9.17) is 25.8 Å². The first kappa shape index (κ1) is 19.2. The van der Waals surface area contributed by atoms with Crippen LogP contribution in [0.4, 0.5) is 0 Å². The molecule has 0 aromatic rings. The summed E-state index contributed by atoms with van der Waals surface area (Å²) in [6.07, 6.45) is 4.44. The van der Waals surface area contributed by atoms with E-state index in [0.29, 0.717) is 32.3 Å². The van der Waals surface area contributed by atoms with Crippen molar-refractivity contribution >= 4 is 11.6 Å². The van der Waals surface area contributed by atoms with Gasteiger partial charge in [-0.1, -0.05) is 26.7 Å². The summed E-state index contributed by atoms with van der Waals surface area (Å²) in [6, 6.07) is 0. The minimum atomic E-state index is 0.227. The lowest BCUT2D eigenvalue weighted by molar-refractivity contribution is 0.0117. The Balaban J connectivity index is 3.14. The summed E-state index contributed by atoms with van der Waals surface area (Å²) in [6.45, 7) is 10.6. The molecular formula is C15H31ClO3. The van der Waals surface area contributed by atoms with Crippen molar-refractivity contribution in [2.75, 3.05) is 39.6 Å². The minimum absolute atomic E-state index is 0.227. The molecule has 0 heterocycles. The smallest absolute Gasteiger partial charge is 0.0701 e. The normalized spacial score (nSPS) is 14.5. The van der Waals surface area contributed by atoms with E-state index in [2.05, 4.69) is 20.8 Å². The molecule has 0 aliphatic heterocycles. The quantitative estimate of drug-likeness (QED) is 0.359. The van der Waals surface area contributed by atoms with Crippen LogP contribution < -0.4 is 0 Å². The summed E-state index contributed by atoms with van der Waals surface area (Å²) in [5.74, 6) is 0.551. The number of hydrogen-bond acceptors (Lipinski definition) is 3. The highest BCUT2D eigenvalue weighted by Gasteiger charge is 2.11. The zero-order valence-electron chi connectivity index (χ0n) is 12.8. The molecule has 0 rings (SSSR count). The molecule has 4 heteroatoms. The van der Waals surface area contributed by atoms with Crippen LogP contribution in [0.3, 0.4) is 0 Å². The molecule has 0 spiro atoms. The Hall–Kier alpha value is 0.170. The summed E-state index contributed by atoms with van der Waals surface area (Å²) in [4.78, 5) is 0. The van der Waals surface area contributed by atoms with Gasteiger partial charge in [-0.25, -0.2) is 0 Å². The van der Waals surface area contributed by atoms with Crippen molar-refractivity contribution in [1.29, 1.82) is 0 Å². The van der Waals surface area contributed by atoms with E-state index in [1.54, 1.807) is 0 Å². The number of halogens is 1. The number of ether oxygens (including phenoxy) is 3. The molecule has 0 radical (unpaired) electrons. The van der Waals surface area contributed by atoms with Crippen LogP contribution in [0.1, 0.15) is 46.5 Å². The van der Waals surface area contributed by atoms with Crippen molar-refractivity contribution in [3.63, 3.8) is 0 Å². The van der Waals surface area contributed by atoms with E-state index in [1.165, 1.54) is 6.42 Å². The second kappa shape index (κ2) is 14.6. The molecule has 0 saturated carbocycles. The molecule has 2 atom stereocenters. The molecule has 0 bridgehead atoms. The zero-order valence-corrected chi connectivity index (χ0v) is 13.6. The summed E-state index contributed by atoms with van der Waals surface area (Å²) in [7, 11) is 0. The molecule has 3 nitrogen and oxygen atoms in total. The van der Waals surface area contributed by atoms with Gasteiger partial charge in [0.05, 0.1) is 26.4 Å². The van der Waals surface area contributed by atoms with Crippen LogP contribution in [-0.2, 0) is 14.2 Å². The predicted octanol–water partition coefficient (Wildman–Crippen LogP) is 3.88. The molecule has 0 N–H and O–H groups in total. The maximum absolute atomic E-state index is 6.08. The Morgan fingerprint density at radius 3 is 1.84 bits per heavy atom. The summed E-state index contributed by atoms with van der Waals surface area (Å²) >= 11 is 6.08. The van der Waals surface area contributed by atoms with Crippen molar-refractivity contribution in [3.8, 4) is 0 Å². The summed E-state index contributed by atoms with van der Waals surface area (Å²) in [5.41, 5.74) is 0.